The van der Waals surface area contributed by atoms with E-state index in [2.05, 4.69) is 46.8 Å². The molecular formula is C23H40O3Si. The second-order valence-corrected chi connectivity index (χ2v) is 13.0. The van der Waals surface area contributed by atoms with Crippen molar-refractivity contribution in [3.63, 3.8) is 0 Å². The smallest absolute Gasteiger partial charge is 0.195 e. The molecule has 154 valence electrons. The van der Waals surface area contributed by atoms with Gasteiger partial charge in [0.2, 0.25) is 0 Å². The number of hydrogen-bond acceptors (Lipinski definition) is 3. The van der Waals surface area contributed by atoms with Crippen molar-refractivity contribution < 1.29 is 14.0 Å². The monoisotopic (exact) mass is 392 g/mol. The Balaban J connectivity index is 2.87. The highest BCUT2D eigenvalue weighted by molar-refractivity contribution is 6.75. The highest BCUT2D eigenvalue weighted by atomic mass is 28.4. The van der Waals surface area contributed by atoms with Crippen LogP contribution in [0.5, 0.6) is 0 Å². The van der Waals surface area contributed by atoms with Crippen molar-refractivity contribution in [3.8, 4) is 0 Å². The van der Waals surface area contributed by atoms with Crippen molar-refractivity contribution >= 4 is 14.1 Å². The van der Waals surface area contributed by atoms with Gasteiger partial charge in [-0.25, -0.2) is 0 Å². The van der Waals surface area contributed by atoms with Crippen LogP contribution in [0.2, 0.25) is 17.6 Å². The molecule has 0 unspecified atom stereocenters. The summed E-state index contributed by atoms with van der Waals surface area (Å²) < 4.78 is 12.9. The van der Waals surface area contributed by atoms with E-state index in [1.165, 1.54) is 5.56 Å². The molecule has 1 aromatic rings. The molecule has 3 atom stereocenters. The maximum absolute atomic E-state index is 12.5. The van der Waals surface area contributed by atoms with Crippen molar-refractivity contribution in [2.45, 2.75) is 85.2 Å². The second kappa shape index (κ2) is 11.8. The zero-order valence-electron chi connectivity index (χ0n) is 18.5. The van der Waals surface area contributed by atoms with Crippen LogP contribution in [0.15, 0.2) is 30.3 Å². The average Bonchev–Trinajstić information content (AvgIpc) is 2.68. The maximum atomic E-state index is 12.5. The Kier molecular flexibility index (Phi) is 10.5. The standard InChI is InChI=1S/C23H40O3Si/c1-8-22(24)20(7)23(26-27(9-2,10-3)18(4)5)19(6)16-25-17-21-14-12-11-13-15-21/h11-15,18-20,23H,8-10,16-17H2,1-7H3/t19-,20-,23+/m1/s1. The van der Waals surface area contributed by atoms with Gasteiger partial charge in [0.05, 0.1) is 19.3 Å². The molecule has 1 rings (SSSR count). The number of ether oxygens (including phenoxy) is 1. The molecule has 0 aromatic heterocycles. The van der Waals surface area contributed by atoms with Gasteiger partial charge < -0.3 is 9.16 Å². The molecule has 1 aromatic carbocycles. The minimum Gasteiger partial charge on any atom is -0.413 e. The first-order valence-electron chi connectivity index (χ1n) is 10.6. The first kappa shape index (κ1) is 24.1. The van der Waals surface area contributed by atoms with Crippen molar-refractivity contribution in [1.29, 1.82) is 0 Å². The lowest BCUT2D eigenvalue weighted by atomic mass is 9.90. The van der Waals surface area contributed by atoms with Crippen LogP contribution in [-0.2, 0) is 20.6 Å². The number of carbonyl (C=O) groups excluding carboxylic acids is 1. The normalized spacial score (nSPS) is 15.6. The molecule has 0 amide bonds. The lowest BCUT2D eigenvalue weighted by Gasteiger charge is -2.41. The van der Waals surface area contributed by atoms with Gasteiger partial charge >= 0.3 is 0 Å². The Labute approximate surface area is 168 Å². The maximum Gasteiger partial charge on any atom is 0.195 e. The van der Waals surface area contributed by atoms with Crippen molar-refractivity contribution in [2.75, 3.05) is 6.61 Å². The van der Waals surface area contributed by atoms with E-state index in [0.29, 0.717) is 25.2 Å². The summed E-state index contributed by atoms with van der Waals surface area (Å²) in [6.45, 7) is 16.4. The fourth-order valence-corrected chi connectivity index (χ4v) is 7.61. The van der Waals surface area contributed by atoms with Crippen molar-refractivity contribution in [2.24, 2.45) is 11.8 Å². The van der Waals surface area contributed by atoms with Gasteiger partial charge in [-0.15, -0.1) is 0 Å². The Morgan fingerprint density at radius 1 is 1.00 bits per heavy atom. The molecule has 0 aliphatic rings. The Morgan fingerprint density at radius 3 is 2.07 bits per heavy atom. The quantitative estimate of drug-likeness (QED) is 0.373. The number of benzene rings is 1. The molecule has 0 radical (unpaired) electrons. The predicted molar refractivity (Wildman–Crippen MR) is 116 cm³/mol. The third-order valence-electron chi connectivity index (χ3n) is 6.02. The Morgan fingerprint density at radius 2 is 1.59 bits per heavy atom. The predicted octanol–water partition coefficient (Wildman–Crippen LogP) is 6.24. The van der Waals surface area contributed by atoms with Crippen molar-refractivity contribution in [1.82, 2.24) is 0 Å². The summed E-state index contributed by atoms with van der Waals surface area (Å²) >= 11 is 0. The van der Waals surface area contributed by atoms with E-state index in [1.807, 2.05) is 32.0 Å². The van der Waals surface area contributed by atoms with Crippen LogP contribution >= 0.6 is 0 Å². The zero-order chi connectivity index (χ0) is 20.4. The van der Waals surface area contributed by atoms with Crippen LogP contribution in [0.4, 0.5) is 0 Å². The molecule has 0 fully saturated rings. The number of hydrogen-bond donors (Lipinski definition) is 0. The van der Waals surface area contributed by atoms with Gasteiger partial charge in [0.25, 0.3) is 0 Å². The lowest BCUT2D eigenvalue weighted by Crippen LogP contribution is -2.49. The van der Waals surface area contributed by atoms with E-state index in [9.17, 15) is 4.79 Å². The second-order valence-electron chi connectivity index (χ2n) is 8.10. The van der Waals surface area contributed by atoms with Gasteiger partial charge in [-0.2, -0.15) is 0 Å². The van der Waals surface area contributed by atoms with Crippen LogP contribution in [0.25, 0.3) is 0 Å². The summed E-state index contributed by atoms with van der Waals surface area (Å²) in [7, 11) is -1.88. The summed E-state index contributed by atoms with van der Waals surface area (Å²) in [4.78, 5) is 12.5. The van der Waals surface area contributed by atoms with Crippen LogP contribution in [-0.4, -0.2) is 26.8 Å². The largest absolute Gasteiger partial charge is 0.413 e. The number of rotatable bonds is 13. The summed E-state index contributed by atoms with van der Waals surface area (Å²) in [6.07, 6.45) is 0.495. The summed E-state index contributed by atoms with van der Waals surface area (Å²) in [6, 6.07) is 12.4. The molecule has 0 bridgehead atoms. The first-order valence-corrected chi connectivity index (χ1v) is 13.0. The van der Waals surface area contributed by atoms with Crippen LogP contribution in [0.3, 0.4) is 0 Å². The van der Waals surface area contributed by atoms with Gasteiger partial charge in [0, 0.05) is 18.3 Å². The number of carbonyl (C=O) groups is 1. The molecular weight excluding hydrogens is 352 g/mol. The molecule has 4 heteroatoms. The van der Waals surface area contributed by atoms with Crippen LogP contribution < -0.4 is 0 Å². The molecule has 0 aliphatic carbocycles. The van der Waals surface area contributed by atoms with Gasteiger partial charge in [-0.1, -0.05) is 78.8 Å². The highest BCUT2D eigenvalue weighted by Crippen LogP contribution is 2.35. The number of ketones is 1. The molecule has 0 N–H and O–H groups in total. The molecule has 0 heterocycles. The topological polar surface area (TPSA) is 35.5 Å². The van der Waals surface area contributed by atoms with E-state index >= 15 is 0 Å². The van der Waals surface area contributed by atoms with E-state index in [0.717, 1.165) is 12.1 Å². The molecule has 0 saturated heterocycles. The first-order chi connectivity index (χ1) is 12.8. The lowest BCUT2D eigenvalue weighted by molar-refractivity contribution is -0.126. The average molecular weight is 393 g/mol. The molecule has 0 saturated carbocycles. The summed E-state index contributed by atoms with van der Waals surface area (Å²) in [5, 5.41) is 0. The molecule has 27 heavy (non-hydrogen) atoms. The van der Waals surface area contributed by atoms with Gasteiger partial charge in [-0.3, -0.25) is 4.79 Å². The Bertz CT molecular complexity index is 540. The van der Waals surface area contributed by atoms with E-state index in [1.54, 1.807) is 0 Å². The van der Waals surface area contributed by atoms with E-state index < -0.39 is 8.32 Å². The SMILES string of the molecule is CCC(=O)[C@@H](C)[C@@H](O[Si](CC)(CC)C(C)C)[C@H](C)COCc1ccccc1. The van der Waals surface area contributed by atoms with E-state index in [4.69, 9.17) is 9.16 Å². The molecule has 0 aliphatic heterocycles. The highest BCUT2D eigenvalue weighted by Gasteiger charge is 2.41. The minimum atomic E-state index is -1.88. The fourth-order valence-electron chi connectivity index (χ4n) is 3.89. The van der Waals surface area contributed by atoms with Crippen LogP contribution in [0, 0.1) is 11.8 Å². The minimum absolute atomic E-state index is 0.0674. The van der Waals surface area contributed by atoms with Gasteiger partial charge in [0.15, 0.2) is 8.32 Å². The molecule has 3 nitrogen and oxygen atoms in total. The summed E-state index contributed by atoms with van der Waals surface area (Å²) in [5.41, 5.74) is 1.71. The Hall–Kier alpha value is -0.973. The van der Waals surface area contributed by atoms with Crippen LogP contribution in [0.1, 0.15) is 60.5 Å². The van der Waals surface area contributed by atoms with Crippen molar-refractivity contribution in [3.05, 3.63) is 35.9 Å². The van der Waals surface area contributed by atoms with Gasteiger partial charge in [-0.05, 0) is 23.2 Å². The van der Waals surface area contributed by atoms with E-state index in [-0.39, 0.29) is 23.7 Å². The third-order valence-corrected chi connectivity index (χ3v) is 11.3. The van der Waals surface area contributed by atoms with Gasteiger partial charge in [0.1, 0.15) is 5.78 Å². The molecule has 0 spiro atoms. The third kappa shape index (κ3) is 6.85. The zero-order valence-corrected chi connectivity index (χ0v) is 19.5. The number of Topliss-reactive ketones (excluding diaryl/α,β-unsaturated/α-hetero) is 1. The fraction of sp³-hybridized carbons (Fsp3) is 0.696. The summed E-state index contributed by atoms with van der Waals surface area (Å²) in [5.74, 6) is 0.380.